The van der Waals surface area contributed by atoms with Gasteiger partial charge in [0.05, 0.1) is 0 Å². The number of guanidine groups is 1. The van der Waals surface area contributed by atoms with Gasteiger partial charge in [-0.2, -0.15) is 0 Å². The Morgan fingerprint density at radius 1 is 1.25 bits per heavy atom. The summed E-state index contributed by atoms with van der Waals surface area (Å²) in [4.78, 5) is 4.47. The van der Waals surface area contributed by atoms with Crippen molar-refractivity contribution in [1.82, 2.24) is 10.6 Å². The van der Waals surface area contributed by atoms with E-state index in [9.17, 15) is 0 Å². The number of hydrogen-bond donors (Lipinski definition) is 2. The number of aliphatic imine (C=N–C) groups is 1. The zero-order valence-electron chi connectivity index (χ0n) is 10.8. The molecule has 96 valence electrons. The smallest absolute Gasteiger partial charge is 0.191 e. The summed E-state index contributed by atoms with van der Waals surface area (Å²) in [5.41, 5.74) is 0. The van der Waals surface area contributed by atoms with Crippen molar-refractivity contribution in [2.45, 2.75) is 40.0 Å². The quantitative estimate of drug-likeness (QED) is 0.246. The molecule has 0 unspecified atom stereocenters. The first-order valence-corrected chi connectivity index (χ1v) is 5.98. The fourth-order valence-electron chi connectivity index (χ4n) is 1.13. The van der Waals surface area contributed by atoms with E-state index in [1.54, 1.807) is 0 Å². The molecule has 3 nitrogen and oxygen atoms in total. The SMILES string of the molecule is C/C=C/CCNC(=NCCCC)NCC.I. The lowest BCUT2D eigenvalue weighted by Crippen LogP contribution is -2.37. The van der Waals surface area contributed by atoms with E-state index in [0.29, 0.717) is 0 Å². The maximum atomic E-state index is 4.47. The van der Waals surface area contributed by atoms with Crippen LogP contribution in [-0.2, 0) is 0 Å². The van der Waals surface area contributed by atoms with Gasteiger partial charge < -0.3 is 10.6 Å². The van der Waals surface area contributed by atoms with Crippen molar-refractivity contribution >= 4 is 29.9 Å². The summed E-state index contributed by atoms with van der Waals surface area (Å²) in [6.45, 7) is 9.09. The molecule has 0 saturated heterocycles. The molecule has 0 bridgehead atoms. The van der Waals surface area contributed by atoms with E-state index in [1.165, 1.54) is 6.42 Å². The van der Waals surface area contributed by atoms with Crippen molar-refractivity contribution in [3.05, 3.63) is 12.2 Å². The Kier molecular flexibility index (Phi) is 16.7. The van der Waals surface area contributed by atoms with Crippen LogP contribution in [0.1, 0.15) is 40.0 Å². The van der Waals surface area contributed by atoms with Gasteiger partial charge in [0.15, 0.2) is 5.96 Å². The molecule has 0 aromatic carbocycles. The molecule has 0 aliphatic heterocycles. The largest absolute Gasteiger partial charge is 0.357 e. The predicted octanol–water partition coefficient (Wildman–Crippen LogP) is 2.93. The number of nitrogens with one attached hydrogen (secondary N) is 2. The minimum absolute atomic E-state index is 0. The molecule has 0 aromatic heterocycles. The number of unbranched alkanes of at least 4 members (excludes halogenated alkanes) is 1. The molecular weight excluding hydrogens is 313 g/mol. The van der Waals surface area contributed by atoms with Gasteiger partial charge in [-0.3, -0.25) is 4.99 Å². The number of halogens is 1. The van der Waals surface area contributed by atoms with E-state index in [0.717, 1.165) is 38.4 Å². The van der Waals surface area contributed by atoms with E-state index in [1.807, 2.05) is 6.92 Å². The van der Waals surface area contributed by atoms with Gasteiger partial charge in [0.25, 0.3) is 0 Å². The van der Waals surface area contributed by atoms with Crippen LogP contribution in [0, 0.1) is 0 Å². The second-order valence-corrected chi connectivity index (χ2v) is 3.40. The van der Waals surface area contributed by atoms with Crippen LogP contribution < -0.4 is 10.6 Å². The van der Waals surface area contributed by atoms with E-state index in [2.05, 4.69) is 41.6 Å². The van der Waals surface area contributed by atoms with Gasteiger partial charge in [0.2, 0.25) is 0 Å². The summed E-state index contributed by atoms with van der Waals surface area (Å²) < 4.78 is 0. The Morgan fingerprint density at radius 2 is 2.00 bits per heavy atom. The van der Waals surface area contributed by atoms with Crippen LogP contribution in [0.15, 0.2) is 17.1 Å². The van der Waals surface area contributed by atoms with Crippen molar-refractivity contribution in [3.8, 4) is 0 Å². The van der Waals surface area contributed by atoms with Crippen molar-refractivity contribution < 1.29 is 0 Å². The number of hydrogen-bond acceptors (Lipinski definition) is 1. The molecule has 0 saturated carbocycles. The highest BCUT2D eigenvalue weighted by atomic mass is 127. The van der Waals surface area contributed by atoms with E-state index < -0.39 is 0 Å². The van der Waals surface area contributed by atoms with E-state index in [-0.39, 0.29) is 24.0 Å². The first kappa shape index (κ1) is 18.1. The van der Waals surface area contributed by atoms with Gasteiger partial charge in [-0.15, -0.1) is 24.0 Å². The van der Waals surface area contributed by atoms with Crippen LogP contribution in [0.2, 0.25) is 0 Å². The van der Waals surface area contributed by atoms with Gasteiger partial charge in [0.1, 0.15) is 0 Å². The maximum Gasteiger partial charge on any atom is 0.191 e. The molecule has 0 aliphatic carbocycles. The lowest BCUT2D eigenvalue weighted by Gasteiger charge is -2.09. The number of rotatable bonds is 7. The third-order valence-corrected chi connectivity index (χ3v) is 1.96. The lowest BCUT2D eigenvalue weighted by molar-refractivity contribution is 0.771. The van der Waals surface area contributed by atoms with Crippen LogP contribution in [0.25, 0.3) is 0 Å². The molecule has 0 spiro atoms. The predicted molar refractivity (Wildman–Crippen MR) is 83.7 cm³/mol. The molecule has 0 aromatic rings. The van der Waals surface area contributed by atoms with Crippen molar-refractivity contribution in [2.75, 3.05) is 19.6 Å². The molecule has 0 heterocycles. The second-order valence-electron chi connectivity index (χ2n) is 3.40. The first-order chi connectivity index (χ1) is 7.35. The zero-order valence-corrected chi connectivity index (χ0v) is 13.1. The molecule has 0 radical (unpaired) electrons. The minimum Gasteiger partial charge on any atom is -0.357 e. The fraction of sp³-hybridized carbons (Fsp3) is 0.750. The second kappa shape index (κ2) is 14.7. The van der Waals surface area contributed by atoms with Crippen LogP contribution >= 0.6 is 24.0 Å². The Balaban J connectivity index is 0. The summed E-state index contributed by atoms with van der Waals surface area (Å²) >= 11 is 0. The van der Waals surface area contributed by atoms with Gasteiger partial charge in [-0.25, -0.2) is 0 Å². The maximum absolute atomic E-state index is 4.47. The lowest BCUT2D eigenvalue weighted by atomic mass is 10.3. The summed E-state index contributed by atoms with van der Waals surface area (Å²) in [5.74, 6) is 0.940. The van der Waals surface area contributed by atoms with Gasteiger partial charge in [-0.1, -0.05) is 25.5 Å². The van der Waals surface area contributed by atoms with Gasteiger partial charge in [-0.05, 0) is 26.7 Å². The average Bonchev–Trinajstić information content (AvgIpc) is 2.24. The van der Waals surface area contributed by atoms with Crippen LogP contribution in [0.3, 0.4) is 0 Å². The van der Waals surface area contributed by atoms with Crippen molar-refractivity contribution in [3.63, 3.8) is 0 Å². The summed E-state index contributed by atoms with van der Waals surface area (Å²) in [7, 11) is 0. The normalized spacial score (nSPS) is 11.3. The third-order valence-electron chi connectivity index (χ3n) is 1.96. The van der Waals surface area contributed by atoms with Crippen LogP contribution in [0.4, 0.5) is 0 Å². The molecule has 16 heavy (non-hydrogen) atoms. The highest BCUT2D eigenvalue weighted by Crippen LogP contribution is 1.87. The standard InChI is InChI=1S/C12H25N3.HI/c1-4-7-9-11-15-12(13-6-3)14-10-8-5-2;/h4,7H,5-6,8-11H2,1-3H3,(H2,13,14,15);1H/b7-4+;. The molecule has 0 aliphatic rings. The molecule has 0 fully saturated rings. The van der Waals surface area contributed by atoms with E-state index in [4.69, 9.17) is 0 Å². The highest BCUT2D eigenvalue weighted by molar-refractivity contribution is 14.0. The molecule has 0 rings (SSSR count). The molecule has 2 N–H and O–H groups in total. The van der Waals surface area contributed by atoms with Crippen LogP contribution in [0.5, 0.6) is 0 Å². The zero-order chi connectivity index (χ0) is 11.4. The Morgan fingerprint density at radius 3 is 2.56 bits per heavy atom. The average molecular weight is 339 g/mol. The van der Waals surface area contributed by atoms with Crippen LogP contribution in [-0.4, -0.2) is 25.6 Å². The highest BCUT2D eigenvalue weighted by Gasteiger charge is 1.93. The van der Waals surface area contributed by atoms with E-state index >= 15 is 0 Å². The minimum atomic E-state index is 0. The Labute approximate surface area is 117 Å². The summed E-state index contributed by atoms with van der Waals surface area (Å²) in [6, 6.07) is 0. The Bertz CT molecular complexity index is 191. The first-order valence-electron chi connectivity index (χ1n) is 5.98. The Hall–Kier alpha value is -0.260. The molecule has 0 amide bonds. The monoisotopic (exact) mass is 339 g/mol. The third kappa shape index (κ3) is 11.8. The van der Waals surface area contributed by atoms with Gasteiger partial charge >= 0.3 is 0 Å². The summed E-state index contributed by atoms with van der Waals surface area (Å²) in [6.07, 6.45) is 7.63. The van der Waals surface area contributed by atoms with Crippen molar-refractivity contribution in [2.24, 2.45) is 4.99 Å². The van der Waals surface area contributed by atoms with Gasteiger partial charge in [0, 0.05) is 19.6 Å². The summed E-state index contributed by atoms with van der Waals surface area (Å²) in [5, 5.41) is 6.54. The number of nitrogens with zero attached hydrogens (tertiary/aromatic N) is 1. The molecule has 4 heteroatoms. The topological polar surface area (TPSA) is 36.4 Å². The number of allylic oxidation sites excluding steroid dienone is 1. The van der Waals surface area contributed by atoms with Crippen molar-refractivity contribution in [1.29, 1.82) is 0 Å². The molecular formula is C12H26IN3. The fourth-order valence-corrected chi connectivity index (χ4v) is 1.13. The molecule has 0 atom stereocenters.